The van der Waals surface area contributed by atoms with Crippen molar-refractivity contribution in [3.8, 4) is 5.69 Å². The number of halogens is 4. The zero-order valence-electron chi connectivity index (χ0n) is 18.2. The van der Waals surface area contributed by atoms with Gasteiger partial charge in [-0.05, 0) is 44.0 Å². The maximum absolute atomic E-state index is 13.8. The molecule has 31 heavy (non-hydrogen) atoms. The van der Waals surface area contributed by atoms with Gasteiger partial charge >= 0.3 is 6.18 Å². The van der Waals surface area contributed by atoms with Gasteiger partial charge in [0.25, 0.3) is 0 Å². The number of aryl methyl sites for hydroxylation is 2. The minimum Gasteiger partial charge on any atom is -0.381 e. The Balaban J connectivity index is 0.00000341. The number of guanidine groups is 1. The van der Waals surface area contributed by atoms with Gasteiger partial charge in [-0.15, -0.1) is 24.0 Å². The number of hydrogen-bond donors (Lipinski definition) is 1. The first-order valence-electron chi connectivity index (χ1n) is 9.92. The minimum atomic E-state index is -4.47. The number of rotatable bonds is 5. The highest BCUT2D eigenvalue weighted by molar-refractivity contribution is 14.0. The smallest absolute Gasteiger partial charge is 0.381 e. The van der Waals surface area contributed by atoms with Crippen molar-refractivity contribution in [2.45, 2.75) is 33.0 Å². The number of nitrogens with one attached hydrogen (secondary N) is 1. The van der Waals surface area contributed by atoms with Crippen LogP contribution in [0.2, 0.25) is 0 Å². The molecule has 1 aliphatic heterocycles. The molecule has 1 N–H and O–H groups in total. The van der Waals surface area contributed by atoms with Crippen molar-refractivity contribution < 1.29 is 17.9 Å². The van der Waals surface area contributed by atoms with E-state index in [2.05, 4.69) is 15.4 Å². The number of nitrogens with zero attached hydrogens (tertiary/aromatic N) is 4. The third kappa shape index (κ3) is 6.34. The van der Waals surface area contributed by atoms with Gasteiger partial charge in [0.1, 0.15) is 0 Å². The summed E-state index contributed by atoms with van der Waals surface area (Å²) in [5, 5.41) is 7.35. The second-order valence-electron chi connectivity index (χ2n) is 7.69. The number of ether oxygens (including phenoxy) is 1. The summed E-state index contributed by atoms with van der Waals surface area (Å²) < 4.78 is 48.2. The normalized spacial score (nSPS) is 16.9. The van der Waals surface area contributed by atoms with Crippen LogP contribution in [0.4, 0.5) is 13.2 Å². The van der Waals surface area contributed by atoms with Gasteiger partial charge in [-0.25, -0.2) is 4.68 Å². The third-order valence-electron chi connectivity index (χ3n) is 5.22. The highest BCUT2D eigenvalue weighted by Gasteiger charge is 2.34. The van der Waals surface area contributed by atoms with Crippen molar-refractivity contribution in [2.24, 2.45) is 10.9 Å². The number of hydrogen-bond acceptors (Lipinski definition) is 3. The van der Waals surface area contributed by atoms with Gasteiger partial charge in [-0.2, -0.15) is 18.3 Å². The summed E-state index contributed by atoms with van der Waals surface area (Å²) >= 11 is 0. The Morgan fingerprint density at radius 3 is 2.61 bits per heavy atom. The fraction of sp³-hybridized carbons (Fsp3) is 0.524. The van der Waals surface area contributed by atoms with Crippen LogP contribution in [-0.4, -0.2) is 54.5 Å². The minimum absolute atomic E-state index is 0. The molecular weight excluding hydrogens is 522 g/mol. The van der Waals surface area contributed by atoms with Crippen molar-refractivity contribution in [3.05, 3.63) is 46.8 Å². The van der Waals surface area contributed by atoms with E-state index in [1.165, 1.54) is 10.7 Å². The van der Waals surface area contributed by atoms with Crippen molar-refractivity contribution in [2.75, 3.05) is 33.9 Å². The van der Waals surface area contributed by atoms with Crippen LogP contribution in [0.1, 0.15) is 28.9 Å². The average Bonchev–Trinajstić information content (AvgIpc) is 3.30. The summed E-state index contributed by atoms with van der Waals surface area (Å²) in [5.74, 6) is 0.956. The van der Waals surface area contributed by atoms with E-state index in [9.17, 15) is 13.2 Å². The molecule has 0 amide bonds. The molecule has 0 radical (unpaired) electrons. The quantitative estimate of drug-likeness (QED) is 0.345. The van der Waals surface area contributed by atoms with Crippen LogP contribution in [0.15, 0.2) is 29.3 Å². The fourth-order valence-corrected chi connectivity index (χ4v) is 3.76. The van der Waals surface area contributed by atoms with E-state index in [4.69, 9.17) is 4.74 Å². The molecule has 0 spiro atoms. The zero-order chi connectivity index (χ0) is 21.9. The van der Waals surface area contributed by atoms with Crippen LogP contribution < -0.4 is 5.32 Å². The molecule has 1 aromatic heterocycles. The van der Waals surface area contributed by atoms with Crippen LogP contribution >= 0.6 is 24.0 Å². The average molecular weight is 551 g/mol. The summed E-state index contributed by atoms with van der Waals surface area (Å²) in [7, 11) is 3.50. The molecule has 0 bridgehead atoms. The molecule has 1 fully saturated rings. The summed E-state index contributed by atoms with van der Waals surface area (Å²) in [6.07, 6.45) is -3.49. The SMILES string of the molecule is CN=C(NCc1ccc(-n2nc(C)cc2C)cc1C(F)(F)F)N(C)CC1CCOC1.I. The molecule has 2 aromatic rings. The lowest BCUT2D eigenvalue weighted by Gasteiger charge is -2.25. The van der Waals surface area contributed by atoms with E-state index in [0.29, 0.717) is 24.2 Å². The molecule has 10 heteroatoms. The van der Waals surface area contributed by atoms with E-state index < -0.39 is 11.7 Å². The van der Waals surface area contributed by atoms with Crippen LogP contribution in [0.5, 0.6) is 0 Å². The molecule has 0 aliphatic carbocycles. The molecule has 1 unspecified atom stereocenters. The molecule has 2 heterocycles. The second kappa shape index (κ2) is 10.7. The Morgan fingerprint density at radius 2 is 2.06 bits per heavy atom. The topological polar surface area (TPSA) is 54.7 Å². The van der Waals surface area contributed by atoms with Gasteiger partial charge in [0.2, 0.25) is 0 Å². The summed E-state index contributed by atoms with van der Waals surface area (Å²) in [4.78, 5) is 6.14. The van der Waals surface area contributed by atoms with Crippen molar-refractivity contribution in [1.82, 2.24) is 20.0 Å². The number of aromatic nitrogens is 2. The summed E-state index contributed by atoms with van der Waals surface area (Å²) in [5.41, 5.74) is 1.41. The predicted molar refractivity (Wildman–Crippen MR) is 125 cm³/mol. The van der Waals surface area contributed by atoms with Crippen LogP contribution in [-0.2, 0) is 17.5 Å². The second-order valence-corrected chi connectivity index (χ2v) is 7.69. The Hall–Kier alpha value is -1.82. The number of aliphatic imine (C=N–C) groups is 1. The lowest BCUT2D eigenvalue weighted by Crippen LogP contribution is -2.41. The van der Waals surface area contributed by atoms with Crippen molar-refractivity contribution >= 4 is 29.9 Å². The Kier molecular flexibility index (Phi) is 8.75. The molecular formula is C21H29F3IN5O. The van der Waals surface area contributed by atoms with Gasteiger partial charge in [-0.3, -0.25) is 4.99 Å². The van der Waals surface area contributed by atoms with Crippen LogP contribution in [0, 0.1) is 19.8 Å². The Labute approximate surface area is 197 Å². The zero-order valence-corrected chi connectivity index (χ0v) is 20.5. The molecule has 3 rings (SSSR count). The monoisotopic (exact) mass is 551 g/mol. The molecule has 1 aliphatic rings. The van der Waals surface area contributed by atoms with Gasteiger partial charge in [0.15, 0.2) is 5.96 Å². The maximum Gasteiger partial charge on any atom is 0.416 e. The fourth-order valence-electron chi connectivity index (χ4n) is 3.76. The first-order valence-corrected chi connectivity index (χ1v) is 9.92. The standard InChI is InChI=1S/C21H28F3N5O.HI/c1-14-9-15(2)29(27-14)18-6-5-17(19(10-18)21(22,23)24)11-26-20(25-3)28(4)12-16-7-8-30-13-16;/h5-6,9-10,16H,7-8,11-13H2,1-4H3,(H,25,26);1H. The largest absolute Gasteiger partial charge is 0.416 e. The maximum atomic E-state index is 13.8. The number of benzene rings is 1. The van der Waals surface area contributed by atoms with E-state index in [-0.39, 0.29) is 36.1 Å². The molecule has 1 saturated heterocycles. The lowest BCUT2D eigenvalue weighted by atomic mass is 10.1. The van der Waals surface area contributed by atoms with E-state index in [1.54, 1.807) is 13.1 Å². The van der Waals surface area contributed by atoms with E-state index in [1.807, 2.05) is 31.9 Å². The predicted octanol–water partition coefficient (Wildman–Crippen LogP) is 4.17. The molecule has 172 valence electrons. The summed E-state index contributed by atoms with van der Waals surface area (Å²) in [6.45, 7) is 5.84. The van der Waals surface area contributed by atoms with Gasteiger partial charge < -0.3 is 15.0 Å². The third-order valence-corrected chi connectivity index (χ3v) is 5.22. The Bertz CT molecular complexity index is 907. The highest BCUT2D eigenvalue weighted by Crippen LogP contribution is 2.33. The molecule has 1 aromatic carbocycles. The number of alkyl halides is 3. The first-order chi connectivity index (χ1) is 14.2. The summed E-state index contributed by atoms with van der Waals surface area (Å²) in [6, 6.07) is 6.14. The molecule has 6 nitrogen and oxygen atoms in total. The van der Waals surface area contributed by atoms with Crippen LogP contribution in [0.3, 0.4) is 0 Å². The lowest BCUT2D eigenvalue weighted by molar-refractivity contribution is -0.138. The van der Waals surface area contributed by atoms with E-state index >= 15 is 0 Å². The highest BCUT2D eigenvalue weighted by atomic mass is 127. The van der Waals surface area contributed by atoms with Gasteiger partial charge in [0.05, 0.1) is 23.6 Å². The van der Waals surface area contributed by atoms with Crippen molar-refractivity contribution in [1.29, 1.82) is 0 Å². The van der Waals surface area contributed by atoms with Gasteiger partial charge in [-0.1, -0.05) is 6.07 Å². The molecule has 1 atom stereocenters. The van der Waals surface area contributed by atoms with Gasteiger partial charge in [0, 0.05) is 45.4 Å². The Morgan fingerprint density at radius 1 is 1.32 bits per heavy atom. The first kappa shape index (κ1) is 25.4. The van der Waals surface area contributed by atoms with E-state index in [0.717, 1.165) is 37.0 Å². The van der Waals surface area contributed by atoms with Crippen LogP contribution in [0.25, 0.3) is 5.69 Å². The molecule has 0 saturated carbocycles. The van der Waals surface area contributed by atoms with Crippen molar-refractivity contribution in [3.63, 3.8) is 0 Å².